The van der Waals surface area contributed by atoms with Crippen LogP contribution in [0.1, 0.15) is 40.0 Å². The summed E-state index contributed by atoms with van der Waals surface area (Å²) >= 11 is 0. The van der Waals surface area contributed by atoms with E-state index in [1.165, 1.54) is 0 Å². The van der Waals surface area contributed by atoms with Crippen LogP contribution in [-0.4, -0.2) is 41.1 Å². The van der Waals surface area contributed by atoms with Gasteiger partial charge in [0.15, 0.2) is 0 Å². The smallest absolute Gasteiger partial charge is 0.323 e. The van der Waals surface area contributed by atoms with Gasteiger partial charge in [-0.15, -0.1) is 0 Å². The molecule has 0 spiro atoms. The van der Waals surface area contributed by atoms with Crippen molar-refractivity contribution in [3.63, 3.8) is 0 Å². The van der Waals surface area contributed by atoms with Gasteiger partial charge >= 0.3 is 5.97 Å². The largest absolute Gasteiger partial charge is 0.480 e. The Hall–Kier alpha value is -0.610. The van der Waals surface area contributed by atoms with Gasteiger partial charge in [-0.2, -0.15) is 0 Å². The van der Waals surface area contributed by atoms with E-state index in [1.807, 2.05) is 6.92 Å². The van der Waals surface area contributed by atoms with Gasteiger partial charge in [-0.3, -0.25) is 4.79 Å². The monoisotopic (exact) mass is 216 g/mol. The van der Waals surface area contributed by atoms with Crippen LogP contribution >= 0.6 is 0 Å². The van der Waals surface area contributed by atoms with Crippen LogP contribution in [0.4, 0.5) is 0 Å². The zero-order valence-corrected chi connectivity index (χ0v) is 10.1. The molecule has 1 atom stereocenters. The summed E-state index contributed by atoms with van der Waals surface area (Å²) in [5, 5.41) is 8.97. The summed E-state index contributed by atoms with van der Waals surface area (Å²) in [7, 11) is 0. The van der Waals surface area contributed by atoms with Gasteiger partial charge in [0.1, 0.15) is 5.54 Å². The van der Waals surface area contributed by atoms with Crippen LogP contribution in [0.2, 0.25) is 0 Å². The Bertz CT molecular complexity index is 193. The van der Waals surface area contributed by atoms with Crippen molar-refractivity contribution >= 4 is 5.97 Å². The molecular formula is C11H24N2O2. The Labute approximate surface area is 92.4 Å². The first kappa shape index (κ1) is 14.4. The van der Waals surface area contributed by atoms with E-state index < -0.39 is 11.5 Å². The Morgan fingerprint density at radius 3 is 2.20 bits per heavy atom. The molecule has 0 fully saturated rings. The highest BCUT2D eigenvalue weighted by Crippen LogP contribution is 2.14. The van der Waals surface area contributed by atoms with Crippen molar-refractivity contribution in [2.24, 2.45) is 5.73 Å². The zero-order chi connectivity index (χ0) is 11.9. The number of carbonyl (C=O) groups is 1. The normalized spacial score (nSPS) is 15.3. The molecule has 0 aliphatic heterocycles. The lowest BCUT2D eigenvalue weighted by molar-refractivity contribution is -0.143. The first-order valence-electron chi connectivity index (χ1n) is 5.74. The first-order chi connectivity index (χ1) is 7.00. The fraction of sp³-hybridized carbons (Fsp3) is 0.909. The molecule has 15 heavy (non-hydrogen) atoms. The molecule has 3 N–H and O–H groups in total. The van der Waals surface area contributed by atoms with Crippen molar-refractivity contribution in [3.05, 3.63) is 0 Å². The molecule has 0 radical (unpaired) electrons. The molecular weight excluding hydrogens is 192 g/mol. The Balaban J connectivity index is 3.97. The van der Waals surface area contributed by atoms with Crippen molar-refractivity contribution in [3.8, 4) is 0 Å². The van der Waals surface area contributed by atoms with Crippen molar-refractivity contribution in [1.82, 2.24) is 4.90 Å². The molecule has 0 saturated carbocycles. The molecule has 0 aromatic heterocycles. The van der Waals surface area contributed by atoms with E-state index in [2.05, 4.69) is 18.7 Å². The molecule has 0 heterocycles. The maximum absolute atomic E-state index is 10.9. The average Bonchev–Trinajstić information content (AvgIpc) is 2.23. The third-order valence-corrected chi connectivity index (χ3v) is 3.05. The maximum Gasteiger partial charge on any atom is 0.323 e. The molecule has 0 aromatic rings. The highest BCUT2D eigenvalue weighted by molar-refractivity contribution is 5.78. The molecule has 0 aliphatic carbocycles. The van der Waals surface area contributed by atoms with E-state index in [-0.39, 0.29) is 0 Å². The topological polar surface area (TPSA) is 66.6 Å². The lowest BCUT2D eigenvalue weighted by Crippen LogP contribution is -2.47. The van der Waals surface area contributed by atoms with Crippen LogP contribution in [-0.2, 0) is 4.79 Å². The van der Waals surface area contributed by atoms with Gasteiger partial charge in [0.25, 0.3) is 0 Å². The maximum atomic E-state index is 10.9. The molecule has 4 nitrogen and oxygen atoms in total. The summed E-state index contributed by atoms with van der Waals surface area (Å²) in [6.07, 6.45) is 1.88. The SMILES string of the molecule is CCN(CC)CCCC(N)(CC)C(=O)O. The Morgan fingerprint density at radius 2 is 1.87 bits per heavy atom. The molecule has 0 amide bonds. The van der Waals surface area contributed by atoms with Gasteiger partial charge in [-0.1, -0.05) is 20.8 Å². The van der Waals surface area contributed by atoms with Gasteiger partial charge in [0, 0.05) is 0 Å². The summed E-state index contributed by atoms with van der Waals surface area (Å²) in [4.78, 5) is 13.2. The van der Waals surface area contributed by atoms with E-state index in [4.69, 9.17) is 10.8 Å². The van der Waals surface area contributed by atoms with Crippen molar-refractivity contribution < 1.29 is 9.90 Å². The van der Waals surface area contributed by atoms with Gasteiger partial charge in [0.2, 0.25) is 0 Å². The number of aliphatic carboxylic acids is 1. The van der Waals surface area contributed by atoms with E-state index in [9.17, 15) is 4.79 Å². The van der Waals surface area contributed by atoms with E-state index >= 15 is 0 Å². The number of nitrogens with two attached hydrogens (primary N) is 1. The lowest BCUT2D eigenvalue weighted by Gasteiger charge is -2.25. The standard InChI is InChI=1S/C11H24N2O2/c1-4-11(12,10(14)15)8-7-9-13(5-2)6-3/h4-9,12H2,1-3H3,(H,14,15). The molecule has 1 unspecified atom stereocenters. The molecule has 4 heteroatoms. The summed E-state index contributed by atoms with van der Waals surface area (Å²) in [6, 6.07) is 0. The quantitative estimate of drug-likeness (QED) is 0.642. The minimum atomic E-state index is -1.03. The van der Waals surface area contributed by atoms with Crippen LogP contribution in [0.5, 0.6) is 0 Å². The van der Waals surface area contributed by atoms with E-state index in [0.717, 1.165) is 26.1 Å². The third kappa shape index (κ3) is 4.62. The molecule has 0 rings (SSSR count). The van der Waals surface area contributed by atoms with Crippen molar-refractivity contribution in [2.45, 2.75) is 45.6 Å². The fourth-order valence-electron chi connectivity index (χ4n) is 1.59. The van der Waals surface area contributed by atoms with Crippen molar-refractivity contribution in [2.75, 3.05) is 19.6 Å². The van der Waals surface area contributed by atoms with Crippen LogP contribution < -0.4 is 5.73 Å². The number of rotatable bonds is 8. The molecule has 0 saturated heterocycles. The number of nitrogens with zero attached hydrogens (tertiary/aromatic N) is 1. The summed E-state index contributed by atoms with van der Waals surface area (Å²) in [6.45, 7) is 8.98. The second-order valence-electron chi connectivity index (χ2n) is 3.95. The fourth-order valence-corrected chi connectivity index (χ4v) is 1.59. The highest BCUT2D eigenvalue weighted by atomic mass is 16.4. The van der Waals surface area contributed by atoms with Crippen molar-refractivity contribution in [1.29, 1.82) is 0 Å². The van der Waals surface area contributed by atoms with E-state index in [0.29, 0.717) is 12.8 Å². The van der Waals surface area contributed by atoms with Crippen LogP contribution in [0.15, 0.2) is 0 Å². The predicted molar refractivity (Wildman–Crippen MR) is 61.9 cm³/mol. The molecule has 90 valence electrons. The zero-order valence-electron chi connectivity index (χ0n) is 10.1. The van der Waals surface area contributed by atoms with Crippen LogP contribution in [0.25, 0.3) is 0 Å². The predicted octanol–water partition coefficient (Wildman–Crippen LogP) is 1.30. The Kier molecular flexibility index (Phi) is 6.52. The number of carboxylic acid groups (broad SMARTS) is 1. The van der Waals surface area contributed by atoms with Gasteiger partial charge < -0.3 is 15.7 Å². The molecule has 0 aliphatic rings. The number of hydrogen-bond acceptors (Lipinski definition) is 3. The highest BCUT2D eigenvalue weighted by Gasteiger charge is 2.30. The van der Waals surface area contributed by atoms with Crippen LogP contribution in [0.3, 0.4) is 0 Å². The third-order valence-electron chi connectivity index (χ3n) is 3.05. The second-order valence-corrected chi connectivity index (χ2v) is 3.95. The van der Waals surface area contributed by atoms with Gasteiger partial charge in [-0.25, -0.2) is 0 Å². The number of carboxylic acids is 1. The van der Waals surface area contributed by atoms with Gasteiger partial charge in [0.05, 0.1) is 0 Å². The number of hydrogen-bond donors (Lipinski definition) is 2. The molecule has 0 bridgehead atoms. The summed E-state index contributed by atoms with van der Waals surface area (Å²) in [5.41, 5.74) is 4.76. The Morgan fingerprint density at radius 1 is 1.33 bits per heavy atom. The molecule has 0 aromatic carbocycles. The van der Waals surface area contributed by atoms with Crippen LogP contribution in [0, 0.1) is 0 Å². The van der Waals surface area contributed by atoms with Gasteiger partial charge in [-0.05, 0) is 38.9 Å². The average molecular weight is 216 g/mol. The minimum absolute atomic E-state index is 0.487. The first-order valence-corrected chi connectivity index (χ1v) is 5.74. The lowest BCUT2D eigenvalue weighted by atomic mass is 9.92. The van der Waals surface area contributed by atoms with E-state index in [1.54, 1.807) is 0 Å². The summed E-state index contributed by atoms with van der Waals surface area (Å²) in [5.74, 6) is -0.885. The summed E-state index contributed by atoms with van der Waals surface area (Å²) < 4.78 is 0. The second kappa shape index (κ2) is 6.80. The minimum Gasteiger partial charge on any atom is -0.480 e.